The Balaban J connectivity index is 4.65. The average molecular weight is 916 g/mol. The molecule has 0 heterocycles. The van der Waals surface area contributed by atoms with Gasteiger partial charge in [-0.1, -0.05) is 317 Å². The Kier molecular flexibility index (Phi) is 52.3. The van der Waals surface area contributed by atoms with Crippen LogP contribution in [0.2, 0.25) is 0 Å². The topological polar surface area (TPSA) is 32.3 Å². The van der Waals surface area contributed by atoms with E-state index in [2.05, 4.69) is 58.9 Å². The standard InChI is InChI=1S/C62H126N2O/c1-8-11-14-17-20-23-24-25-26-27-28-29-31-34-40-45-52-61(57-58(4)56-59(5)62(65)63-54-47-48-55-64(6)7)53-46-41-36-35-39-44-51-60(49-42-37-32-22-19-16-13-10-3)50-43-38-33-30-21-18-15-12-9-2/h58-61H,8-57H2,1-7H3,(H,63,65). The molecule has 0 rings (SSSR count). The van der Waals surface area contributed by atoms with Gasteiger partial charge in [-0.15, -0.1) is 0 Å². The zero-order chi connectivity index (χ0) is 47.5. The molecule has 0 spiro atoms. The smallest absolute Gasteiger partial charge is 0.222 e. The van der Waals surface area contributed by atoms with Crippen LogP contribution in [0.4, 0.5) is 0 Å². The third-order valence-electron chi connectivity index (χ3n) is 15.4. The van der Waals surface area contributed by atoms with Crippen molar-refractivity contribution in [2.24, 2.45) is 23.7 Å². The van der Waals surface area contributed by atoms with E-state index in [1.807, 2.05) is 0 Å². The van der Waals surface area contributed by atoms with Crippen molar-refractivity contribution in [3.05, 3.63) is 0 Å². The fourth-order valence-corrected chi connectivity index (χ4v) is 11.0. The molecule has 0 bridgehead atoms. The lowest BCUT2D eigenvalue weighted by Gasteiger charge is -2.23. The van der Waals surface area contributed by atoms with E-state index in [1.54, 1.807) is 0 Å². The van der Waals surface area contributed by atoms with Crippen LogP contribution in [-0.2, 0) is 4.79 Å². The molecule has 390 valence electrons. The second kappa shape index (κ2) is 52.8. The molecule has 0 aromatic heterocycles. The zero-order valence-corrected chi connectivity index (χ0v) is 46.5. The van der Waals surface area contributed by atoms with Gasteiger partial charge in [0, 0.05) is 12.5 Å². The summed E-state index contributed by atoms with van der Waals surface area (Å²) in [5.74, 6) is 2.87. The second-order valence-corrected chi connectivity index (χ2v) is 22.7. The van der Waals surface area contributed by atoms with Gasteiger partial charge in [0.2, 0.25) is 5.91 Å². The summed E-state index contributed by atoms with van der Waals surface area (Å²) in [5.41, 5.74) is 0. The number of amides is 1. The third kappa shape index (κ3) is 49.7. The van der Waals surface area contributed by atoms with Crippen LogP contribution in [0.1, 0.15) is 343 Å². The summed E-state index contributed by atoms with van der Waals surface area (Å²) >= 11 is 0. The minimum atomic E-state index is 0.125. The summed E-state index contributed by atoms with van der Waals surface area (Å²) in [6, 6.07) is 0. The summed E-state index contributed by atoms with van der Waals surface area (Å²) in [4.78, 5) is 15.2. The first-order valence-electron chi connectivity index (χ1n) is 30.8. The third-order valence-corrected chi connectivity index (χ3v) is 15.4. The minimum Gasteiger partial charge on any atom is -0.356 e. The van der Waals surface area contributed by atoms with Crippen molar-refractivity contribution in [1.29, 1.82) is 0 Å². The molecule has 0 fully saturated rings. The molecular weight excluding hydrogens is 789 g/mol. The van der Waals surface area contributed by atoms with Crippen LogP contribution in [-0.4, -0.2) is 38.0 Å². The lowest BCUT2D eigenvalue weighted by molar-refractivity contribution is -0.125. The maximum Gasteiger partial charge on any atom is 0.222 e. The largest absolute Gasteiger partial charge is 0.356 e. The number of carbonyl (C=O) groups excluding carboxylic acids is 1. The average Bonchev–Trinajstić information content (AvgIpc) is 3.29. The molecule has 4 atom stereocenters. The van der Waals surface area contributed by atoms with Crippen LogP contribution in [0.25, 0.3) is 0 Å². The van der Waals surface area contributed by atoms with Crippen molar-refractivity contribution in [2.75, 3.05) is 27.2 Å². The van der Waals surface area contributed by atoms with Gasteiger partial charge in [0.1, 0.15) is 0 Å². The summed E-state index contributed by atoms with van der Waals surface area (Å²) < 4.78 is 0. The summed E-state index contributed by atoms with van der Waals surface area (Å²) in [7, 11) is 4.26. The van der Waals surface area contributed by atoms with Gasteiger partial charge in [-0.3, -0.25) is 4.79 Å². The molecule has 1 amide bonds. The van der Waals surface area contributed by atoms with Crippen molar-refractivity contribution in [3.63, 3.8) is 0 Å². The number of carbonyl (C=O) groups is 1. The molecule has 0 aromatic rings. The highest BCUT2D eigenvalue weighted by Crippen LogP contribution is 2.29. The molecule has 1 N–H and O–H groups in total. The fraction of sp³-hybridized carbons (Fsp3) is 0.984. The SMILES string of the molecule is CCCCCCCCCCCCCCCCCCC(CCCCCCCCC(CCCCCCCCCC)CCCCCCCCCCC)CC(C)CC(C)C(=O)NCCCCN(C)C. The number of hydrogen-bond acceptors (Lipinski definition) is 2. The first-order valence-corrected chi connectivity index (χ1v) is 30.8. The lowest BCUT2D eigenvalue weighted by Crippen LogP contribution is -2.31. The number of rotatable bonds is 55. The van der Waals surface area contributed by atoms with Crippen molar-refractivity contribution in [3.8, 4) is 0 Å². The molecule has 0 aliphatic rings. The van der Waals surface area contributed by atoms with E-state index in [9.17, 15) is 4.79 Å². The fourth-order valence-electron chi connectivity index (χ4n) is 11.0. The van der Waals surface area contributed by atoms with Gasteiger partial charge >= 0.3 is 0 Å². The summed E-state index contributed by atoms with van der Waals surface area (Å²) in [6.45, 7) is 13.5. The van der Waals surface area contributed by atoms with Crippen molar-refractivity contribution >= 4 is 5.91 Å². The molecule has 0 saturated carbocycles. The Labute approximate surface area is 412 Å². The van der Waals surface area contributed by atoms with E-state index < -0.39 is 0 Å². The van der Waals surface area contributed by atoms with Crippen molar-refractivity contribution < 1.29 is 4.79 Å². The van der Waals surface area contributed by atoms with Crippen LogP contribution in [0, 0.1) is 23.7 Å². The maximum absolute atomic E-state index is 13.0. The summed E-state index contributed by atoms with van der Waals surface area (Å²) in [5, 5.41) is 3.25. The predicted octanol–water partition coefficient (Wildman–Crippen LogP) is 21.0. The molecule has 0 saturated heterocycles. The Morgan fingerprint density at radius 1 is 0.354 bits per heavy atom. The monoisotopic (exact) mass is 915 g/mol. The molecule has 0 radical (unpaired) electrons. The highest BCUT2D eigenvalue weighted by molar-refractivity contribution is 5.78. The number of unbranched alkanes of at least 4 members (excludes halogenated alkanes) is 36. The van der Waals surface area contributed by atoms with Crippen LogP contribution in [0.5, 0.6) is 0 Å². The molecule has 3 heteroatoms. The molecule has 0 aliphatic heterocycles. The first-order chi connectivity index (χ1) is 31.8. The highest BCUT2D eigenvalue weighted by atomic mass is 16.1. The van der Waals surface area contributed by atoms with E-state index in [4.69, 9.17) is 0 Å². The van der Waals surface area contributed by atoms with E-state index in [-0.39, 0.29) is 11.8 Å². The zero-order valence-electron chi connectivity index (χ0n) is 46.5. The van der Waals surface area contributed by atoms with Crippen molar-refractivity contribution in [1.82, 2.24) is 10.2 Å². The van der Waals surface area contributed by atoms with E-state index >= 15 is 0 Å². The molecular formula is C62H126N2O. The normalized spacial score (nSPS) is 13.7. The van der Waals surface area contributed by atoms with Crippen molar-refractivity contribution in [2.45, 2.75) is 343 Å². The number of nitrogens with one attached hydrogen (secondary N) is 1. The Morgan fingerprint density at radius 3 is 0.923 bits per heavy atom. The maximum atomic E-state index is 13.0. The van der Waals surface area contributed by atoms with Gasteiger partial charge in [-0.25, -0.2) is 0 Å². The van der Waals surface area contributed by atoms with Gasteiger partial charge < -0.3 is 10.2 Å². The molecule has 0 aliphatic carbocycles. The Hall–Kier alpha value is -0.570. The predicted molar refractivity (Wildman–Crippen MR) is 296 cm³/mol. The molecule has 65 heavy (non-hydrogen) atoms. The minimum absolute atomic E-state index is 0.125. The van der Waals surface area contributed by atoms with Gasteiger partial charge in [0.25, 0.3) is 0 Å². The first kappa shape index (κ1) is 64.4. The van der Waals surface area contributed by atoms with Crippen LogP contribution in [0.15, 0.2) is 0 Å². The van der Waals surface area contributed by atoms with E-state index in [1.165, 1.54) is 289 Å². The van der Waals surface area contributed by atoms with Crippen LogP contribution >= 0.6 is 0 Å². The molecule has 0 aromatic carbocycles. The van der Waals surface area contributed by atoms with Crippen LogP contribution in [0.3, 0.4) is 0 Å². The second-order valence-electron chi connectivity index (χ2n) is 22.7. The van der Waals surface area contributed by atoms with Crippen LogP contribution < -0.4 is 5.32 Å². The van der Waals surface area contributed by atoms with Gasteiger partial charge in [0.05, 0.1) is 0 Å². The molecule has 3 nitrogen and oxygen atoms in total. The summed E-state index contributed by atoms with van der Waals surface area (Å²) in [6.07, 6.45) is 68.4. The Morgan fingerprint density at radius 2 is 0.631 bits per heavy atom. The number of nitrogens with zero attached hydrogens (tertiary/aromatic N) is 1. The highest BCUT2D eigenvalue weighted by Gasteiger charge is 2.20. The quantitative estimate of drug-likeness (QED) is 0.0617. The van der Waals surface area contributed by atoms with Gasteiger partial charge in [-0.2, -0.15) is 0 Å². The number of hydrogen-bond donors (Lipinski definition) is 1. The van der Waals surface area contributed by atoms with Gasteiger partial charge in [0.15, 0.2) is 0 Å². The molecule has 4 unspecified atom stereocenters. The lowest BCUT2D eigenvalue weighted by atomic mass is 9.83. The van der Waals surface area contributed by atoms with E-state index in [0.29, 0.717) is 5.92 Å². The van der Waals surface area contributed by atoms with Gasteiger partial charge in [-0.05, 0) is 64.1 Å². The van der Waals surface area contributed by atoms with E-state index in [0.717, 1.165) is 44.2 Å². The Bertz CT molecular complexity index is 903.